The summed E-state index contributed by atoms with van der Waals surface area (Å²) < 4.78 is 28.5. The zero-order chi connectivity index (χ0) is 26.2. The van der Waals surface area contributed by atoms with Crippen molar-refractivity contribution in [1.82, 2.24) is 29.1 Å². The normalized spacial score (nSPS) is 13.4. The van der Waals surface area contributed by atoms with Crippen LogP contribution in [0.25, 0.3) is 27.9 Å². The number of hydrogen-bond acceptors (Lipinski definition) is 8. The first-order valence-electron chi connectivity index (χ1n) is 11.8. The van der Waals surface area contributed by atoms with E-state index in [2.05, 4.69) is 20.1 Å². The number of fused-ring (bicyclic) bond motifs is 2. The molecule has 6 N–H and O–H groups in total. The quantitative estimate of drug-likeness (QED) is 0.310. The molecule has 5 rings (SSSR count). The Morgan fingerprint density at radius 3 is 2.17 bits per heavy atom. The van der Waals surface area contributed by atoms with E-state index < -0.39 is 13.0 Å². The fourth-order valence-electron chi connectivity index (χ4n) is 4.05. The molecule has 0 aromatic carbocycles. The van der Waals surface area contributed by atoms with E-state index >= 15 is 0 Å². The predicted octanol–water partition coefficient (Wildman–Crippen LogP) is 1.98. The van der Waals surface area contributed by atoms with Crippen LogP contribution in [0.1, 0.15) is 44.3 Å². The lowest BCUT2D eigenvalue weighted by Gasteiger charge is -2.07. The third-order valence-corrected chi connectivity index (χ3v) is 5.66. The molecule has 0 amide bonds. The number of aryl methyl sites for hydroxylation is 1. The molecule has 192 valence electrons. The maximum Gasteiger partial charge on any atom is 0.256 e. The van der Waals surface area contributed by atoms with Gasteiger partial charge in [0.25, 0.3) is 6.43 Å². The molecule has 1 saturated carbocycles. The van der Waals surface area contributed by atoms with Crippen LogP contribution in [0.5, 0.6) is 0 Å². The number of hydrogen-bond donors (Lipinski definition) is 4. The monoisotopic (exact) mass is 500 g/mol. The maximum absolute atomic E-state index is 12.9. The molecule has 0 spiro atoms. The van der Waals surface area contributed by atoms with Crippen molar-refractivity contribution in [3.05, 3.63) is 24.0 Å². The van der Waals surface area contributed by atoms with Gasteiger partial charge in [-0.3, -0.25) is 0 Å². The van der Waals surface area contributed by atoms with Crippen molar-refractivity contribution in [1.29, 1.82) is 0 Å². The predicted molar refractivity (Wildman–Crippen MR) is 136 cm³/mol. The first-order valence-corrected chi connectivity index (χ1v) is 11.8. The molecular weight excluding hydrogens is 469 g/mol. The zero-order valence-corrected chi connectivity index (χ0v) is 20.2. The second kappa shape index (κ2) is 12.6. The molecule has 0 atom stereocenters. The van der Waals surface area contributed by atoms with Gasteiger partial charge >= 0.3 is 0 Å². The van der Waals surface area contributed by atoms with Gasteiger partial charge in [-0.2, -0.15) is 4.98 Å². The van der Waals surface area contributed by atoms with Crippen LogP contribution in [0.4, 0.5) is 20.5 Å². The highest BCUT2D eigenvalue weighted by molar-refractivity contribution is 6.32. The summed E-state index contributed by atoms with van der Waals surface area (Å²) in [7, 11) is 5.98. The fourth-order valence-corrected chi connectivity index (χ4v) is 4.05. The van der Waals surface area contributed by atoms with E-state index in [1.807, 2.05) is 0 Å². The highest BCUT2D eigenvalue weighted by Gasteiger charge is 2.18. The summed E-state index contributed by atoms with van der Waals surface area (Å²) in [6, 6.07) is 5.06. The van der Waals surface area contributed by atoms with Crippen LogP contribution in [0.2, 0.25) is 0 Å². The van der Waals surface area contributed by atoms with Gasteiger partial charge in [-0.05, 0) is 30.7 Å². The zero-order valence-electron chi connectivity index (χ0n) is 20.2. The first-order chi connectivity index (χ1) is 17.3. The Morgan fingerprint density at radius 1 is 1.00 bits per heavy atom. The molecule has 0 aliphatic heterocycles. The number of alkyl halides is 2. The Morgan fingerprint density at radius 2 is 1.61 bits per heavy atom. The molecule has 4 aromatic heterocycles. The van der Waals surface area contributed by atoms with Crippen LogP contribution in [-0.2, 0) is 6.54 Å². The van der Waals surface area contributed by atoms with Crippen LogP contribution in [0.15, 0.2) is 18.2 Å². The minimum absolute atomic E-state index is 0.0158. The number of pyridine rings is 1. The van der Waals surface area contributed by atoms with Crippen LogP contribution in [-0.4, -0.2) is 66.8 Å². The van der Waals surface area contributed by atoms with Crippen molar-refractivity contribution >= 4 is 41.9 Å². The van der Waals surface area contributed by atoms with Gasteiger partial charge in [0.2, 0.25) is 5.95 Å². The minimum Gasteiger partial charge on any atom is -0.394 e. The highest BCUT2D eigenvalue weighted by Crippen LogP contribution is 2.28. The van der Waals surface area contributed by atoms with Gasteiger partial charge in [0.15, 0.2) is 11.5 Å². The number of halogens is 2. The molecule has 0 saturated heterocycles. The molecule has 4 aromatic rings. The number of nitrogen functional groups attached to an aromatic ring is 2. The molecule has 13 heteroatoms. The summed E-state index contributed by atoms with van der Waals surface area (Å²) in [5, 5.41) is 19.3. The van der Waals surface area contributed by atoms with Gasteiger partial charge in [-0.15, -0.1) is 5.10 Å². The number of aliphatic hydroxyl groups is 2. The lowest BCUT2D eigenvalue weighted by molar-refractivity contribution is 0.127. The molecule has 1 aliphatic rings. The molecule has 2 radical (unpaired) electrons. The standard InChI is InChI=1S/C15H13BF2N8.C6H12.C2H6O2/c1-6-21-9-3-2-8(22-14(9)25(6)5-11(17)18)7-4-10(16)26-12(7)13(19)23-15(20)24-26;1-2-4-6-5-3-1;3-1-2-4/h2-4,11H,5H2,1H3,(H4,19,20,23,24);1-6H2;3-4H,1-2H2. The number of nitrogens with two attached hydrogens (primary N) is 2. The number of nitrogens with zero attached hydrogens (tertiary/aromatic N) is 6. The number of aromatic nitrogens is 6. The average Bonchev–Trinajstić information content (AvgIpc) is 3.36. The number of rotatable bonds is 4. The largest absolute Gasteiger partial charge is 0.394 e. The van der Waals surface area contributed by atoms with E-state index in [0.29, 0.717) is 39.4 Å². The highest BCUT2D eigenvalue weighted by atomic mass is 19.3. The minimum atomic E-state index is -2.52. The third kappa shape index (κ3) is 6.46. The van der Waals surface area contributed by atoms with Gasteiger partial charge < -0.3 is 26.2 Å². The summed E-state index contributed by atoms with van der Waals surface area (Å²) in [5.41, 5.74) is 14.3. The lowest BCUT2D eigenvalue weighted by Crippen LogP contribution is -2.15. The second-order valence-electron chi connectivity index (χ2n) is 8.37. The molecule has 10 nitrogen and oxygen atoms in total. The number of imidazole rings is 1. The number of anilines is 2. The second-order valence-corrected chi connectivity index (χ2v) is 8.37. The summed E-state index contributed by atoms with van der Waals surface area (Å²) >= 11 is 0. The van der Waals surface area contributed by atoms with Crippen molar-refractivity contribution in [3.63, 3.8) is 0 Å². The molecule has 1 fully saturated rings. The maximum atomic E-state index is 12.9. The molecule has 4 heterocycles. The fraction of sp³-hybridized carbons (Fsp3) is 0.478. The Kier molecular flexibility index (Phi) is 9.54. The van der Waals surface area contributed by atoms with Crippen LogP contribution >= 0.6 is 0 Å². The van der Waals surface area contributed by atoms with E-state index in [4.69, 9.17) is 29.5 Å². The van der Waals surface area contributed by atoms with Crippen LogP contribution < -0.4 is 17.1 Å². The summed E-state index contributed by atoms with van der Waals surface area (Å²) in [6.45, 7) is 0.920. The van der Waals surface area contributed by atoms with E-state index in [1.165, 1.54) is 47.6 Å². The summed E-state index contributed by atoms with van der Waals surface area (Å²) in [4.78, 5) is 12.7. The van der Waals surface area contributed by atoms with E-state index in [1.54, 1.807) is 25.1 Å². The van der Waals surface area contributed by atoms with Gasteiger partial charge in [0, 0.05) is 5.56 Å². The molecule has 36 heavy (non-hydrogen) atoms. The van der Waals surface area contributed by atoms with Crippen molar-refractivity contribution in [3.8, 4) is 11.3 Å². The molecule has 0 bridgehead atoms. The summed E-state index contributed by atoms with van der Waals surface area (Å²) in [6.07, 6.45) is 6.48. The topological polar surface area (TPSA) is 153 Å². The lowest BCUT2D eigenvalue weighted by atomic mass is 10.0. The smallest absolute Gasteiger partial charge is 0.256 e. The number of aliphatic hydroxyl groups excluding tert-OH is 2. The molecular formula is C23H31BF2N8O2. The Labute approximate surface area is 208 Å². The van der Waals surface area contributed by atoms with E-state index in [-0.39, 0.29) is 25.0 Å². The van der Waals surface area contributed by atoms with Crippen molar-refractivity contribution in [2.75, 3.05) is 24.7 Å². The van der Waals surface area contributed by atoms with E-state index in [0.717, 1.165) is 0 Å². The van der Waals surface area contributed by atoms with Gasteiger partial charge in [0.05, 0.1) is 25.5 Å². The molecule has 0 unspecified atom stereocenters. The molecule has 1 aliphatic carbocycles. The average molecular weight is 500 g/mol. The Bertz CT molecular complexity index is 1280. The van der Waals surface area contributed by atoms with Crippen molar-refractivity contribution in [2.45, 2.75) is 58.4 Å². The van der Waals surface area contributed by atoms with Crippen molar-refractivity contribution in [2.24, 2.45) is 0 Å². The van der Waals surface area contributed by atoms with Gasteiger partial charge in [-0.25, -0.2) is 23.3 Å². The van der Waals surface area contributed by atoms with Crippen LogP contribution in [0, 0.1) is 6.92 Å². The van der Waals surface area contributed by atoms with Gasteiger partial charge in [-0.1, -0.05) is 38.5 Å². The Hall–Kier alpha value is -3.32. The summed E-state index contributed by atoms with van der Waals surface area (Å²) in [5.74, 6) is 0.586. The Balaban J connectivity index is 0.000000303. The third-order valence-electron chi connectivity index (χ3n) is 5.66. The van der Waals surface area contributed by atoms with E-state index in [9.17, 15) is 8.78 Å². The van der Waals surface area contributed by atoms with Crippen molar-refractivity contribution < 1.29 is 19.0 Å². The van der Waals surface area contributed by atoms with Gasteiger partial charge in [0.1, 0.15) is 24.7 Å². The van der Waals surface area contributed by atoms with Crippen LogP contribution in [0.3, 0.4) is 0 Å². The SMILES string of the molecule is C1CCCCC1.OCCO.[B]c1cc(-c2ccc3nc(C)n(CC(F)F)c3n2)c2c(N)nc(N)nn12. The first kappa shape index (κ1) is 27.3.